The first-order valence-electron chi connectivity index (χ1n) is 11.4. The molecule has 2 fully saturated rings. The lowest BCUT2D eigenvalue weighted by Crippen LogP contribution is -2.50. The van der Waals surface area contributed by atoms with Crippen LogP contribution in [-0.2, 0) is 11.3 Å². The number of furan rings is 1. The summed E-state index contributed by atoms with van der Waals surface area (Å²) in [7, 11) is 0. The van der Waals surface area contributed by atoms with Gasteiger partial charge in [-0.2, -0.15) is 0 Å². The summed E-state index contributed by atoms with van der Waals surface area (Å²) >= 11 is 0. The Morgan fingerprint density at radius 1 is 1.07 bits per heavy atom. The number of fused-ring (bicyclic) bond motifs is 1. The number of benzene rings is 1. The van der Waals surface area contributed by atoms with Crippen LogP contribution in [0.25, 0.3) is 0 Å². The van der Waals surface area contributed by atoms with Crippen LogP contribution in [0.15, 0.2) is 40.8 Å². The number of hydrogen-bond acceptors (Lipinski definition) is 4. The molecule has 1 atom stereocenters. The van der Waals surface area contributed by atoms with Crippen molar-refractivity contribution in [2.75, 3.05) is 26.2 Å². The maximum absolute atomic E-state index is 12.9. The molecule has 2 aromatic rings. The molecule has 0 bridgehead atoms. The van der Waals surface area contributed by atoms with Crippen molar-refractivity contribution in [3.63, 3.8) is 0 Å². The predicted molar refractivity (Wildman–Crippen MR) is 116 cm³/mol. The molecule has 1 aromatic carbocycles. The summed E-state index contributed by atoms with van der Waals surface area (Å²) in [6.45, 7) is 6.69. The van der Waals surface area contributed by atoms with E-state index in [1.165, 1.54) is 5.56 Å². The summed E-state index contributed by atoms with van der Waals surface area (Å²) in [5, 5.41) is 0. The Morgan fingerprint density at radius 3 is 2.57 bits per heavy atom. The van der Waals surface area contributed by atoms with Gasteiger partial charge in [0, 0.05) is 38.5 Å². The Balaban J connectivity index is 1.28. The zero-order valence-electron chi connectivity index (χ0n) is 17.9. The fourth-order valence-electron chi connectivity index (χ4n) is 5.45. The Labute approximate surface area is 179 Å². The van der Waals surface area contributed by atoms with Gasteiger partial charge in [-0.25, -0.2) is 0 Å². The second-order valence-electron chi connectivity index (χ2n) is 9.30. The van der Waals surface area contributed by atoms with Gasteiger partial charge in [0.1, 0.15) is 22.9 Å². The van der Waals surface area contributed by atoms with Gasteiger partial charge in [-0.15, -0.1) is 0 Å². The Morgan fingerprint density at radius 2 is 1.83 bits per heavy atom. The zero-order chi connectivity index (χ0) is 20.6. The van der Waals surface area contributed by atoms with Gasteiger partial charge in [-0.05, 0) is 62.8 Å². The third-order valence-corrected chi connectivity index (χ3v) is 7.13. The lowest BCUT2D eigenvalue weighted by molar-refractivity contribution is -0.131. The monoisotopic (exact) mass is 408 g/mol. The number of nitrogens with zero attached hydrogens (tertiary/aromatic N) is 2. The topological polar surface area (TPSA) is 45.9 Å². The zero-order valence-corrected chi connectivity index (χ0v) is 17.9. The van der Waals surface area contributed by atoms with E-state index >= 15 is 0 Å². The van der Waals surface area contributed by atoms with Crippen LogP contribution in [0.5, 0.6) is 5.75 Å². The molecule has 5 heteroatoms. The first kappa shape index (κ1) is 19.7. The molecule has 5 rings (SSSR count). The number of aryl methyl sites for hydroxylation is 1. The second kappa shape index (κ2) is 8.10. The van der Waals surface area contributed by atoms with E-state index in [1.807, 2.05) is 19.1 Å². The smallest absolute Gasteiger partial charge is 0.223 e. The largest absolute Gasteiger partial charge is 0.487 e. The van der Waals surface area contributed by atoms with E-state index in [4.69, 9.17) is 9.15 Å². The molecule has 0 saturated carbocycles. The highest BCUT2D eigenvalue weighted by Crippen LogP contribution is 2.46. The van der Waals surface area contributed by atoms with Gasteiger partial charge in [0.25, 0.3) is 0 Å². The SMILES string of the molecule is Cc1ccc(CN2CCC3(CC2)C[C@H](CC(=O)N2CCCC2)c2ccccc2O3)o1. The number of carbonyl (C=O) groups is 1. The van der Waals surface area contributed by atoms with Crippen molar-refractivity contribution in [3.8, 4) is 5.75 Å². The minimum absolute atomic E-state index is 0.153. The molecule has 0 unspecified atom stereocenters. The number of hydrogen-bond donors (Lipinski definition) is 0. The van der Waals surface area contributed by atoms with E-state index in [0.717, 1.165) is 82.1 Å². The van der Waals surface area contributed by atoms with Crippen molar-refractivity contribution in [1.82, 2.24) is 9.80 Å². The van der Waals surface area contributed by atoms with Crippen molar-refractivity contribution in [1.29, 1.82) is 0 Å². The summed E-state index contributed by atoms with van der Waals surface area (Å²) in [5.41, 5.74) is 1.06. The van der Waals surface area contributed by atoms with Crippen LogP contribution in [0.3, 0.4) is 0 Å². The fraction of sp³-hybridized carbons (Fsp3) is 0.560. The minimum Gasteiger partial charge on any atom is -0.487 e. The summed E-state index contributed by atoms with van der Waals surface area (Å²) < 4.78 is 12.4. The molecular weight excluding hydrogens is 376 g/mol. The van der Waals surface area contributed by atoms with Crippen molar-refractivity contribution < 1.29 is 13.9 Å². The number of carbonyl (C=O) groups excluding carboxylic acids is 1. The molecule has 0 aliphatic carbocycles. The molecule has 1 aromatic heterocycles. The number of ether oxygens (including phenoxy) is 1. The van der Waals surface area contributed by atoms with Crippen LogP contribution in [0, 0.1) is 6.92 Å². The number of amides is 1. The summed E-state index contributed by atoms with van der Waals surface area (Å²) in [6, 6.07) is 12.5. The van der Waals surface area contributed by atoms with Gasteiger partial charge in [-0.1, -0.05) is 18.2 Å². The van der Waals surface area contributed by atoms with Crippen LogP contribution in [0.2, 0.25) is 0 Å². The van der Waals surface area contributed by atoms with Gasteiger partial charge in [0.2, 0.25) is 5.91 Å². The van der Waals surface area contributed by atoms with E-state index in [9.17, 15) is 4.79 Å². The number of para-hydroxylation sites is 1. The van der Waals surface area contributed by atoms with E-state index in [0.29, 0.717) is 12.3 Å². The number of rotatable bonds is 4. The van der Waals surface area contributed by atoms with Crippen LogP contribution in [0.4, 0.5) is 0 Å². The summed E-state index contributed by atoms with van der Waals surface area (Å²) in [6.07, 6.45) is 5.83. The Hall–Kier alpha value is -2.27. The molecule has 5 nitrogen and oxygen atoms in total. The molecular formula is C25H32N2O3. The Kier molecular flexibility index (Phi) is 5.32. The van der Waals surface area contributed by atoms with E-state index < -0.39 is 0 Å². The van der Waals surface area contributed by atoms with Crippen molar-refractivity contribution in [3.05, 3.63) is 53.5 Å². The number of likely N-dealkylation sites (tertiary alicyclic amines) is 2. The average Bonchev–Trinajstić information content (AvgIpc) is 3.42. The number of piperidine rings is 1. The van der Waals surface area contributed by atoms with Crippen LogP contribution in [0.1, 0.15) is 61.5 Å². The normalized spacial score (nSPS) is 23.4. The van der Waals surface area contributed by atoms with Gasteiger partial charge in [-0.3, -0.25) is 9.69 Å². The van der Waals surface area contributed by atoms with Crippen molar-refractivity contribution in [2.45, 2.75) is 63.5 Å². The highest BCUT2D eigenvalue weighted by atomic mass is 16.5. The maximum Gasteiger partial charge on any atom is 0.223 e. The molecule has 3 aliphatic rings. The quantitative estimate of drug-likeness (QED) is 0.747. The van der Waals surface area contributed by atoms with Crippen LogP contribution in [-0.4, -0.2) is 47.5 Å². The fourth-order valence-corrected chi connectivity index (χ4v) is 5.45. The first-order chi connectivity index (χ1) is 14.6. The Bertz CT molecular complexity index is 891. The van der Waals surface area contributed by atoms with E-state index in [1.54, 1.807) is 0 Å². The molecule has 0 radical (unpaired) electrons. The van der Waals surface area contributed by atoms with E-state index in [2.05, 4.69) is 34.1 Å². The van der Waals surface area contributed by atoms with Gasteiger partial charge in [0.05, 0.1) is 6.54 Å². The summed E-state index contributed by atoms with van der Waals surface area (Å²) in [4.78, 5) is 17.4. The van der Waals surface area contributed by atoms with Crippen LogP contribution >= 0.6 is 0 Å². The van der Waals surface area contributed by atoms with Gasteiger partial charge in [0.15, 0.2) is 0 Å². The highest BCUT2D eigenvalue weighted by Gasteiger charge is 2.44. The molecule has 1 amide bonds. The average molecular weight is 409 g/mol. The third kappa shape index (κ3) is 4.00. The van der Waals surface area contributed by atoms with Crippen LogP contribution < -0.4 is 4.74 Å². The molecule has 0 N–H and O–H groups in total. The summed E-state index contributed by atoms with van der Waals surface area (Å²) in [5.74, 6) is 3.55. The van der Waals surface area contributed by atoms with Gasteiger partial charge < -0.3 is 14.1 Å². The molecule has 2 saturated heterocycles. The highest BCUT2D eigenvalue weighted by molar-refractivity contribution is 5.77. The van der Waals surface area contributed by atoms with Crippen molar-refractivity contribution >= 4 is 5.91 Å². The molecule has 4 heterocycles. The lowest BCUT2D eigenvalue weighted by Gasteiger charge is -2.47. The minimum atomic E-state index is -0.153. The van der Waals surface area contributed by atoms with E-state index in [-0.39, 0.29) is 11.5 Å². The van der Waals surface area contributed by atoms with Crippen molar-refractivity contribution in [2.24, 2.45) is 0 Å². The standard InChI is InChI=1S/C25H32N2O3/c1-19-8-9-21(29-19)18-26-14-10-25(11-15-26)17-20(16-24(28)27-12-4-5-13-27)22-6-2-3-7-23(22)30-25/h2-3,6-9,20H,4-5,10-18H2,1H3/t20-/m0/s1. The molecule has 30 heavy (non-hydrogen) atoms. The molecule has 3 aliphatic heterocycles. The predicted octanol–water partition coefficient (Wildman–Crippen LogP) is 4.50. The maximum atomic E-state index is 12.9. The lowest BCUT2D eigenvalue weighted by atomic mass is 9.76. The molecule has 160 valence electrons. The first-order valence-corrected chi connectivity index (χ1v) is 11.4. The third-order valence-electron chi connectivity index (χ3n) is 7.13. The molecule has 1 spiro atoms. The van der Waals surface area contributed by atoms with Gasteiger partial charge >= 0.3 is 0 Å². The second-order valence-corrected chi connectivity index (χ2v) is 9.30.